The molecule has 0 bridgehead atoms. The minimum absolute atomic E-state index is 0.137. The molecule has 0 amide bonds. The number of ether oxygens (including phenoxy) is 1. The van der Waals surface area contributed by atoms with E-state index in [2.05, 4.69) is 0 Å². The Morgan fingerprint density at radius 1 is 1.20 bits per heavy atom. The first kappa shape index (κ1) is 14.7. The van der Waals surface area contributed by atoms with E-state index in [9.17, 15) is 8.60 Å². The van der Waals surface area contributed by atoms with Gasteiger partial charge in [0.15, 0.2) is 0 Å². The van der Waals surface area contributed by atoms with Gasteiger partial charge in [-0.05, 0) is 42.3 Å². The third-order valence-corrected chi connectivity index (χ3v) is 4.86. The van der Waals surface area contributed by atoms with Crippen LogP contribution in [0.4, 0.5) is 4.39 Å². The maximum absolute atomic E-state index is 12.9. The molecule has 2 nitrogen and oxygen atoms in total. The molecule has 0 saturated carbocycles. The van der Waals surface area contributed by atoms with Gasteiger partial charge in [-0.15, -0.1) is 0 Å². The first-order valence-electron chi connectivity index (χ1n) is 6.35. The van der Waals surface area contributed by atoms with E-state index in [4.69, 9.17) is 4.74 Å². The predicted octanol–water partition coefficient (Wildman–Crippen LogP) is 3.84. The molecule has 0 aliphatic rings. The van der Waals surface area contributed by atoms with Gasteiger partial charge in [0.05, 0.1) is 12.4 Å². The molecule has 2 aromatic rings. The Morgan fingerprint density at radius 2 is 1.90 bits per heavy atom. The van der Waals surface area contributed by atoms with E-state index in [1.54, 1.807) is 19.2 Å². The number of rotatable bonds is 5. The largest absolute Gasteiger partial charge is 0.497 e. The summed E-state index contributed by atoms with van der Waals surface area (Å²) >= 11 is 0. The molecule has 0 N–H and O–H groups in total. The summed E-state index contributed by atoms with van der Waals surface area (Å²) in [5.41, 5.74) is 1.85. The van der Waals surface area contributed by atoms with E-state index in [1.807, 2.05) is 31.2 Å². The molecule has 0 aromatic heterocycles. The Labute approximate surface area is 121 Å². The molecular formula is C16H17FO2S. The average molecular weight is 292 g/mol. The molecule has 2 aromatic carbocycles. The first-order valence-corrected chi connectivity index (χ1v) is 7.74. The predicted molar refractivity (Wildman–Crippen MR) is 79.7 cm³/mol. The van der Waals surface area contributed by atoms with Crippen molar-refractivity contribution in [2.75, 3.05) is 7.11 Å². The molecule has 0 spiro atoms. The van der Waals surface area contributed by atoms with Gasteiger partial charge in [0.1, 0.15) is 11.6 Å². The highest BCUT2D eigenvalue weighted by Crippen LogP contribution is 2.23. The van der Waals surface area contributed by atoms with Gasteiger partial charge in [0.2, 0.25) is 0 Å². The highest BCUT2D eigenvalue weighted by atomic mass is 32.2. The number of methoxy groups -OCH3 is 1. The summed E-state index contributed by atoms with van der Waals surface area (Å²) in [5.74, 6) is 0.934. The minimum atomic E-state index is -1.06. The van der Waals surface area contributed by atoms with Crippen molar-refractivity contribution in [2.24, 2.45) is 0 Å². The van der Waals surface area contributed by atoms with Gasteiger partial charge in [-0.1, -0.05) is 24.3 Å². The summed E-state index contributed by atoms with van der Waals surface area (Å²) in [7, 11) is 0.547. The monoisotopic (exact) mass is 292 g/mol. The van der Waals surface area contributed by atoms with Crippen LogP contribution in [0.2, 0.25) is 0 Å². The van der Waals surface area contributed by atoms with E-state index in [1.165, 1.54) is 12.1 Å². The molecule has 0 aliphatic heterocycles. The Morgan fingerprint density at radius 3 is 2.55 bits per heavy atom. The van der Waals surface area contributed by atoms with Crippen LogP contribution in [0.15, 0.2) is 48.5 Å². The number of hydrogen-bond acceptors (Lipinski definition) is 2. The fraction of sp³-hybridized carbons (Fsp3) is 0.250. The summed E-state index contributed by atoms with van der Waals surface area (Å²) in [6, 6.07) is 13.7. The van der Waals surface area contributed by atoms with Crippen LogP contribution >= 0.6 is 0 Å². The van der Waals surface area contributed by atoms with Crippen LogP contribution in [0.1, 0.15) is 23.3 Å². The van der Waals surface area contributed by atoms with Gasteiger partial charge in [-0.25, -0.2) is 4.39 Å². The van der Waals surface area contributed by atoms with E-state index in [0.717, 1.165) is 16.9 Å². The number of halogens is 1. The van der Waals surface area contributed by atoms with Crippen LogP contribution in [0.25, 0.3) is 0 Å². The average Bonchev–Trinajstić information content (AvgIpc) is 2.47. The summed E-state index contributed by atoms with van der Waals surface area (Å²) in [6.45, 7) is 1.89. The van der Waals surface area contributed by atoms with Crippen molar-refractivity contribution in [1.82, 2.24) is 0 Å². The van der Waals surface area contributed by atoms with Crippen molar-refractivity contribution in [1.29, 1.82) is 0 Å². The quantitative estimate of drug-likeness (QED) is 0.837. The second-order valence-electron chi connectivity index (χ2n) is 4.57. The third kappa shape index (κ3) is 3.67. The molecule has 0 saturated heterocycles. The normalized spacial score (nSPS) is 13.8. The van der Waals surface area contributed by atoms with Gasteiger partial charge >= 0.3 is 0 Å². The van der Waals surface area contributed by atoms with Crippen molar-refractivity contribution in [3.8, 4) is 5.75 Å². The van der Waals surface area contributed by atoms with Gasteiger partial charge in [-0.3, -0.25) is 4.21 Å². The second-order valence-corrected chi connectivity index (χ2v) is 6.33. The van der Waals surface area contributed by atoms with Gasteiger partial charge < -0.3 is 4.74 Å². The third-order valence-electron chi connectivity index (χ3n) is 3.18. The minimum Gasteiger partial charge on any atom is -0.497 e. The SMILES string of the molecule is COc1cccc(C[S@@](=O)[C@@H](C)c2ccc(F)cc2)c1. The summed E-state index contributed by atoms with van der Waals surface area (Å²) in [5, 5.41) is -0.137. The standard InChI is InChI=1S/C16H17FO2S/c1-12(14-6-8-15(17)9-7-14)20(18)11-13-4-3-5-16(10-13)19-2/h3-10,12H,11H2,1-2H3/t12-,20+/m0/s1. The van der Waals surface area contributed by atoms with Gasteiger partial charge in [-0.2, -0.15) is 0 Å². The van der Waals surface area contributed by atoms with Crippen molar-refractivity contribution >= 4 is 10.8 Å². The van der Waals surface area contributed by atoms with Crippen molar-refractivity contribution < 1.29 is 13.3 Å². The number of hydrogen-bond donors (Lipinski definition) is 0. The fourth-order valence-electron chi connectivity index (χ4n) is 1.94. The number of benzene rings is 2. The Kier molecular flexibility index (Phi) is 4.90. The van der Waals surface area contributed by atoms with Crippen molar-refractivity contribution in [3.63, 3.8) is 0 Å². The molecule has 2 atom stereocenters. The van der Waals surface area contributed by atoms with Crippen LogP contribution in [-0.2, 0) is 16.6 Å². The van der Waals surface area contributed by atoms with Crippen LogP contribution in [-0.4, -0.2) is 11.3 Å². The molecule has 0 fully saturated rings. The topological polar surface area (TPSA) is 26.3 Å². The molecule has 4 heteroatoms. The van der Waals surface area contributed by atoms with Crippen LogP contribution in [0, 0.1) is 5.82 Å². The maximum atomic E-state index is 12.9. The first-order chi connectivity index (χ1) is 9.60. The molecule has 2 rings (SSSR count). The Balaban J connectivity index is 2.09. The van der Waals surface area contributed by atoms with E-state index in [-0.39, 0.29) is 11.1 Å². The zero-order valence-corrected chi connectivity index (χ0v) is 12.3. The Hall–Kier alpha value is -1.68. The molecule has 0 aliphatic carbocycles. The zero-order valence-electron chi connectivity index (χ0n) is 11.5. The van der Waals surface area contributed by atoms with E-state index in [0.29, 0.717) is 5.75 Å². The molecular weight excluding hydrogens is 275 g/mol. The zero-order chi connectivity index (χ0) is 14.5. The summed E-state index contributed by atoms with van der Waals surface area (Å²) in [4.78, 5) is 0. The highest BCUT2D eigenvalue weighted by Gasteiger charge is 2.14. The maximum Gasteiger partial charge on any atom is 0.123 e. The summed E-state index contributed by atoms with van der Waals surface area (Å²) in [6.07, 6.45) is 0. The lowest BCUT2D eigenvalue weighted by Gasteiger charge is -2.12. The van der Waals surface area contributed by atoms with Crippen LogP contribution in [0.3, 0.4) is 0 Å². The molecule has 0 unspecified atom stereocenters. The van der Waals surface area contributed by atoms with E-state index >= 15 is 0 Å². The van der Waals surface area contributed by atoms with Crippen molar-refractivity contribution in [3.05, 3.63) is 65.5 Å². The molecule has 106 valence electrons. The lowest BCUT2D eigenvalue weighted by molar-refractivity contribution is 0.414. The highest BCUT2D eigenvalue weighted by molar-refractivity contribution is 7.84. The van der Waals surface area contributed by atoms with Gasteiger partial charge in [0, 0.05) is 16.6 Å². The second kappa shape index (κ2) is 6.66. The van der Waals surface area contributed by atoms with Crippen molar-refractivity contribution in [2.45, 2.75) is 17.9 Å². The fourth-order valence-corrected chi connectivity index (χ4v) is 3.16. The Bertz CT molecular complexity index is 596. The molecule has 20 heavy (non-hydrogen) atoms. The summed E-state index contributed by atoms with van der Waals surface area (Å²) < 4.78 is 30.4. The van der Waals surface area contributed by atoms with Crippen LogP contribution in [0.5, 0.6) is 5.75 Å². The molecule has 0 radical (unpaired) electrons. The van der Waals surface area contributed by atoms with Gasteiger partial charge in [0.25, 0.3) is 0 Å². The molecule has 0 heterocycles. The smallest absolute Gasteiger partial charge is 0.123 e. The van der Waals surface area contributed by atoms with Crippen LogP contribution < -0.4 is 4.74 Å². The lowest BCUT2D eigenvalue weighted by Crippen LogP contribution is -2.05. The lowest BCUT2D eigenvalue weighted by atomic mass is 10.2. The van der Waals surface area contributed by atoms with E-state index < -0.39 is 10.8 Å².